The molecule has 2 amide bonds. The summed E-state index contributed by atoms with van der Waals surface area (Å²) in [5.41, 5.74) is 5.41. The van der Waals surface area contributed by atoms with Crippen LogP contribution in [0.15, 0.2) is 42.7 Å². The Morgan fingerprint density at radius 2 is 2.03 bits per heavy atom. The van der Waals surface area contributed by atoms with Gasteiger partial charge in [-0.15, -0.1) is 10.2 Å². The maximum Gasteiger partial charge on any atom is 0.258 e. The van der Waals surface area contributed by atoms with E-state index in [4.69, 9.17) is 0 Å². The van der Waals surface area contributed by atoms with Crippen LogP contribution in [0.5, 0.6) is 0 Å². The number of aryl methyl sites for hydroxylation is 1. The first-order chi connectivity index (χ1) is 17.4. The molecular formula is C28H31N5O3. The molecule has 3 aliphatic rings. The maximum atomic E-state index is 13.7. The van der Waals surface area contributed by atoms with E-state index < -0.39 is 6.10 Å². The van der Waals surface area contributed by atoms with Gasteiger partial charge in [0.15, 0.2) is 0 Å². The van der Waals surface area contributed by atoms with Crippen LogP contribution in [0.2, 0.25) is 0 Å². The number of benzene rings is 2. The standard InChI is InChI=1S/C28H31N5O3/c1-17(10-26-30-29-16-31(26)2)19-4-3-5-21(11-19)33-15-25-23(18-6-7-18)12-20(13-24(25)28(33)36)27(35)32-9-8-22(34)14-32/h3-5,11-13,16-18,22,34H,6-10,14-15H2,1-2H3/t17-,22+/m1/s1. The second kappa shape index (κ2) is 8.85. The van der Waals surface area contributed by atoms with Crippen molar-refractivity contribution >= 4 is 17.5 Å². The van der Waals surface area contributed by atoms with Crippen LogP contribution in [0.1, 0.15) is 81.3 Å². The highest BCUT2D eigenvalue weighted by molar-refractivity contribution is 6.11. The molecule has 2 aliphatic heterocycles. The lowest BCUT2D eigenvalue weighted by Crippen LogP contribution is -2.30. The van der Waals surface area contributed by atoms with E-state index in [0.29, 0.717) is 43.1 Å². The van der Waals surface area contributed by atoms with Crippen LogP contribution < -0.4 is 4.90 Å². The summed E-state index contributed by atoms with van der Waals surface area (Å²) in [6.45, 7) is 3.59. The zero-order valence-corrected chi connectivity index (χ0v) is 20.7. The van der Waals surface area contributed by atoms with Crippen LogP contribution in [0.3, 0.4) is 0 Å². The summed E-state index contributed by atoms with van der Waals surface area (Å²) in [6.07, 6.45) is 4.79. The van der Waals surface area contributed by atoms with Crippen LogP contribution in [-0.2, 0) is 20.0 Å². The van der Waals surface area contributed by atoms with Crippen molar-refractivity contribution in [1.29, 1.82) is 0 Å². The minimum absolute atomic E-state index is 0.0545. The molecule has 36 heavy (non-hydrogen) atoms. The highest BCUT2D eigenvalue weighted by Gasteiger charge is 2.37. The lowest BCUT2D eigenvalue weighted by molar-refractivity contribution is 0.0765. The number of amides is 2. The van der Waals surface area contributed by atoms with Crippen molar-refractivity contribution in [2.45, 2.75) is 57.1 Å². The number of hydrogen-bond donors (Lipinski definition) is 1. The lowest BCUT2D eigenvalue weighted by atomic mass is 9.96. The monoisotopic (exact) mass is 485 g/mol. The molecule has 186 valence electrons. The topological polar surface area (TPSA) is 91.6 Å². The molecule has 3 aromatic rings. The van der Waals surface area contributed by atoms with Crippen LogP contribution in [0.25, 0.3) is 0 Å². The van der Waals surface area contributed by atoms with Crippen molar-refractivity contribution in [1.82, 2.24) is 19.7 Å². The van der Waals surface area contributed by atoms with Gasteiger partial charge >= 0.3 is 0 Å². The summed E-state index contributed by atoms with van der Waals surface area (Å²) in [5.74, 6) is 1.41. The van der Waals surface area contributed by atoms with Crippen molar-refractivity contribution in [3.63, 3.8) is 0 Å². The van der Waals surface area contributed by atoms with E-state index in [2.05, 4.69) is 29.3 Å². The van der Waals surface area contributed by atoms with Gasteiger partial charge in [-0.3, -0.25) is 9.59 Å². The minimum atomic E-state index is -0.466. The van der Waals surface area contributed by atoms with E-state index in [1.54, 1.807) is 17.3 Å². The molecule has 0 unspecified atom stereocenters. The van der Waals surface area contributed by atoms with E-state index in [1.165, 1.54) is 0 Å². The average Bonchev–Trinajstić information content (AvgIpc) is 3.38. The van der Waals surface area contributed by atoms with Gasteiger partial charge in [-0.1, -0.05) is 19.1 Å². The molecule has 3 heterocycles. The van der Waals surface area contributed by atoms with E-state index >= 15 is 0 Å². The Balaban J connectivity index is 1.29. The Morgan fingerprint density at radius 3 is 2.72 bits per heavy atom. The first-order valence-electron chi connectivity index (χ1n) is 12.8. The second-order valence-corrected chi connectivity index (χ2v) is 10.5. The van der Waals surface area contributed by atoms with E-state index in [-0.39, 0.29) is 17.7 Å². The third-order valence-electron chi connectivity index (χ3n) is 7.84. The highest BCUT2D eigenvalue weighted by Crippen LogP contribution is 2.45. The van der Waals surface area contributed by atoms with Gasteiger partial charge < -0.3 is 19.5 Å². The third kappa shape index (κ3) is 4.09. The number of β-amino-alcohol motifs (C(OH)–C–C–N with tert-alkyl or cyclic N) is 1. The zero-order valence-electron chi connectivity index (χ0n) is 20.7. The van der Waals surface area contributed by atoms with Gasteiger partial charge in [0.2, 0.25) is 0 Å². The molecule has 8 heteroatoms. The van der Waals surface area contributed by atoms with Crippen molar-refractivity contribution in [3.05, 3.63) is 76.4 Å². The highest BCUT2D eigenvalue weighted by atomic mass is 16.3. The van der Waals surface area contributed by atoms with E-state index in [9.17, 15) is 14.7 Å². The normalized spacial score (nSPS) is 20.2. The number of carbonyl (C=O) groups excluding carboxylic acids is 2. The Morgan fingerprint density at radius 1 is 1.19 bits per heavy atom. The fourth-order valence-electron chi connectivity index (χ4n) is 5.52. The Hall–Kier alpha value is -3.52. The molecule has 1 saturated heterocycles. The van der Waals surface area contributed by atoms with Gasteiger partial charge in [0, 0.05) is 43.4 Å². The third-order valence-corrected chi connectivity index (χ3v) is 7.84. The molecule has 6 rings (SSSR count). The summed E-state index contributed by atoms with van der Waals surface area (Å²) in [4.78, 5) is 30.4. The Kier molecular flexibility index (Phi) is 5.63. The fraction of sp³-hybridized carbons (Fsp3) is 0.429. The van der Waals surface area contributed by atoms with Gasteiger partial charge in [0.05, 0.1) is 12.6 Å². The molecule has 0 radical (unpaired) electrons. The summed E-state index contributed by atoms with van der Waals surface area (Å²) in [5, 5.41) is 18.1. The summed E-state index contributed by atoms with van der Waals surface area (Å²) < 4.78 is 1.93. The molecule has 2 fully saturated rings. The number of fused-ring (bicyclic) bond motifs is 1. The quantitative estimate of drug-likeness (QED) is 0.578. The average molecular weight is 486 g/mol. The number of nitrogens with zero attached hydrogens (tertiary/aromatic N) is 5. The number of aliphatic hydroxyl groups excluding tert-OH is 1. The van der Waals surface area contributed by atoms with Gasteiger partial charge in [-0.05, 0) is 72.1 Å². The lowest BCUT2D eigenvalue weighted by Gasteiger charge is -2.19. The van der Waals surface area contributed by atoms with Crippen molar-refractivity contribution in [2.75, 3.05) is 18.0 Å². The summed E-state index contributed by atoms with van der Waals surface area (Å²) >= 11 is 0. The van der Waals surface area contributed by atoms with Crippen molar-refractivity contribution in [2.24, 2.45) is 7.05 Å². The predicted octanol–water partition coefficient (Wildman–Crippen LogP) is 3.41. The number of anilines is 1. The van der Waals surface area contributed by atoms with E-state index in [0.717, 1.165) is 47.5 Å². The van der Waals surface area contributed by atoms with Crippen LogP contribution >= 0.6 is 0 Å². The largest absolute Gasteiger partial charge is 0.391 e. The molecule has 1 N–H and O–H groups in total. The molecule has 1 aromatic heterocycles. The van der Waals surface area contributed by atoms with Crippen molar-refractivity contribution < 1.29 is 14.7 Å². The molecule has 2 atom stereocenters. The first-order valence-corrected chi connectivity index (χ1v) is 12.8. The number of rotatable bonds is 6. The Labute approximate surface area is 210 Å². The van der Waals surface area contributed by atoms with Gasteiger partial charge in [-0.2, -0.15) is 0 Å². The van der Waals surface area contributed by atoms with Gasteiger partial charge in [0.1, 0.15) is 12.2 Å². The number of carbonyl (C=O) groups is 2. The SMILES string of the molecule is C[C@H](Cc1nncn1C)c1cccc(N2Cc3c(cc(C(=O)N4CC[C@H](O)C4)cc3C3CC3)C2=O)c1. The second-order valence-electron chi connectivity index (χ2n) is 10.5. The van der Waals surface area contributed by atoms with Crippen molar-refractivity contribution in [3.8, 4) is 0 Å². The first kappa shape index (κ1) is 22.9. The van der Waals surface area contributed by atoms with Gasteiger partial charge in [0.25, 0.3) is 11.8 Å². The van der Waals surface area contributed by atoms with Crippen LogP contribution in [0.4, 0.5) is 5.69 Å². The molecule has 0 bridgehead atoms. The smallest absolute Gasteiger partial charge is 0.258 e. The number of aromatic nitrogens is 3. The molecular weight excluding hydrogens is 454 g/mol. The molecule has 8 nitrogen and oxygen atoms in total. The maximum absolute atomic E-state index is 13.7. The minimum Gasteiger partial charge on any atom is -0.391 e. The molecule has 2 aromatic carbocycles. The molecule has 1 aliphatic carbocycles. The predicted molar refractivity (Wildman–Crippen MR) is 135 cm³/mol. The molecule has 0 spiro atoms. The van der Waals surface area contributed by atoms with E-state index in [1.807, 2.05) is 34.7 Å². The number of aliphatic hydroxyl groups is 1. The van der Waals surface area contributed by atoms with Gasteiger partial charge in [-0.25, -0.2) is 0 Å². The Bertz CT molecular complexity index is 1340. The van der Waals surface area contributed by atoms with Crippen LogP contribution in [-0.4, -0.2) is 55.8 Å². The number of likely N-dealkylation sites (tertiary alicyclic amines) is 1. The summed E-state index contributed by atoms with van der Waals surface area (Å²) in [7, 11) is 1.95. The zero-order chi connectivity index (χ0) is 25.0. The number of hydrogen-bond acceptors (Lipinski definition) is 5. The molecule has 1 saturated carbocycles. The summed E-state index contributed by atoms with van der Waals surface area (Å²) in [6, 6.07) is 11.9. The van der Waals surface area contributed by atoms with Crippen LogP contribution in [0, 0.1) is 0 Å². The fourth-order valence-corrected chi connectivity index (χ4v) is 5.52.